The molecular weight excluding hydrogens is 186 g/mol. The molecule has 0 bridgehead atoms. The topological polar surface area (TPSA) is 9.23 Å². The fraction of sp³-hybridized carbons (Fsp3) is 0.455. The zero-order valence-electron chi connectivity index (χ0n) is 8.39. The molecule has 0 aromatic heterocycles. The van der Waals surface area contributed by atoms with E-state index in [9.17, 15) is 8.78 Å². The Balaban J connectivity index is 2.51. The maximum atomic E-state index is 13.0. The first-order chi connectivity index (χ1) is 6.59. The van der Waals surface area contributed by atoms with Gasteiger partial charge in [0.1, 0.15) is 5.82 Å². The van der Waals surface area contributed by atoms with Crippen LogP contribution in [0.3, 0.4) is 0 Å². The average Bonchev–Trinajstić information content (AvgIpc) is 2.08. The van der Waals surface area contributed by atoms with Crippen molar-refractivity contribution in [3.05, 3.63) is 29.8 Å². The Hall–Kier alpha value is -1.12. The number of ether oxygens (including phenoxy) is 1. The molecule has 78 valence electrons. The maximum absolute atomic E-state index is 13.0. The van der Waals surface area contributed by atoms with E-state index >= 15 is 0 Å². The van der Waals surface area contributed by atoms with Gasteiger partial charge in [-0.15, -0.1) is 0 Å². The van der Waals surface area contributed by atoms with E-state index in [0.29, 0.717) is 12.5 Å². The van der Waals surface area contributed by atoms with Crippen LogP contribution in [0.15, 0.2) is 18.2 Å². The third kappa shape index (κ3) is 3.32. The predicted molar refractivity (Wildman–Crippen MR) is 51.3 cm³/mol. The van der Waals surface area contributed by atoms with Crippen molar-refractivity contribution in [3.63, 3.8) is 0 Å². The summed E-state index contributed by atoms with van der Waals surface area (Å²) in [7, 11) is 0. The highest BCUT2D eigenvalue weighted by Crippen LogP contribution is 2.18. The number of halogens is 2. The molecule has 0 N–H and O–H groups in total. The van der Waals surface area contributed by atoms with Gasteiger partial charge in [-0.1, -0.05) is 13.8 Å². The summed E-state index contributed by atoms with van der Waals surface area (Å²) in [6.07, 6.45) is 0.858. The summed E-state index contributed by atoms with van der Waals surface area (Å²) >= 11 is 0. The van der Waals surface area contributed by atoms with Crippen LogP contribution in [0.2, 0.25) is 0 Å². The van der Waals surface area contributed by atoms with Crippen LogP contribution in [-0.4, -0.2) is 6.61 Å². The van der Waals surface area contributed by atoms with Gasteiger partial charge < -0.3 is 4.74 Å². The highest BCUT2D eigenvalue weighted by Gasteiger charge is 2.04. The van der Waals surface area contributed by atoms with Crippen LogP contribution in [0, 0.1) is 17.6 Å². The smallest absolute Gasteiger partial charge is 0.167 e. The Morgan fingerprint density at radius 3 is 2.57 bits per heavy atom. The minimum absolute atomic E-state index is 0.118. The molecule has 0 aliphatic rings. The summed E-state index contributed by atoms with van der Waals surface area (Å²) in [4.78, 5) is 0. The molecule has 1 aromatic carbocycles. The van der Waals surface area contributed by atoms with E-state index in [4.69, 9.17) is 4.74 Å². The summed E-state index contributed by atoms with van der Waals surface area (Å²) in [5, 5.41) is 0. The molecule has 0 aliphatic heterocycles. The van der Waals surface area contributed by atoms with E-state index in [2.05, 4.69) is 13.8 Å². The summed E-state index contributed by atoms with van der Waals surface area (Å²) in [5.74, 6) is -0.599. The van der Waals surface area contributed by atoms with E-state index in [1.807, 2.05) is 0 Å². The maximum Gasteiger partial charge on any atom is 0.167 e. The van der Waals surface area contributed by atoms with Gasteiger partial charge in [-0.2, -0.15) is 0 Å². The molecule has 0 saturated heterocycles. The SMILES string of the molecule is CC(C)CCOc1ccc(F)cc1F. The number of benzene rings is 1. The molecule has 0 fully saturated rings. The monoisotopic (exact) mass is 200 g/mol. The van der Waals surface area contributed by atoms with Crippen molar-refractivity contribution in [1.82, 2.24) is 0 Å². The Kier molecular flexibility index (Phi) is 3.86. The van der Waals surface area contributed by atoms with Crippen molar-refractivity contribution in [2.45, 2.75) is 20.3 Å². The van der Waals surface area contributed by atoms with Crippen molar-refractivity contribution >= 4 is 0 Å². The molecule has 1 nitrogen and oxygen atoms in total. The number of rotatable bonds is 4. The van der Waals surface area contributed by atoms with Gasteiger partial charge in [-0.3, -0.25) is 0 Å². The van der Waals surface area contributed by atoms with E-state index in [1.54, 1.807) is 0 Å². The van der Waals surface area contributed by atoms with Crippen LogP contribution in [0.1, 0.15) is 20.3 Å². The molecule has 1 aromatic rings. The zero-order valence-corrected chi connectivity index (χ0v) is 8.39. The van der Waals surface area contributed by atoms with Gasteiger partial charge in [-0.05, 0) is 24.5 Å². The lowest BCUT2D eigenvalue weighted by atomic mass is 10.1. The summed E-state index contributed by atoms with van der Waals surface area (Å²) < 4.78 is 30.7. The fourth-order valence-corrected chi connectivity index (χ4v) is 0.997. The second-order valence-corrected chi connectivity index (χ2v) is 3.61. The highest BCUT2D eigenvalue weighted by molar-refractivity contribution is 5.24. The third-order valence-electron chi connectivity index (χ3n) is 1.85. The van der Waals surface area contributed by atoms with E-state index in [0.717, 1.165) is 12.5 Å². The molecule has 3 heteroatoms. The molecule has 0 spiro atoms. The lowest BCUT2D eigenvalue weighted by molar-refractivity contribution is 0.276. The van der Waals surface area contributed by atoms with E-state index < -0.39 is 11.6 Å². The standard InChI is InChI=1S/C11H14F2O/c1-8(2)5-6-14-11-4-3-9(12)7-10(11)13/h3-4,7-8H,5-6H2,1-2H3. The van der Waals surface area contributed by atoms with Crippen molar-refractivity contribution in [2.75, 3.05) is 6.61 Å². The van der Waals surface area contributed by atoms with E-state index in [1.165, 1.54) is 12.1 Å². The molecular formula is C11H14F2O. The average molecular weight is 200 g/mol. The number of hydrogen-bond donors (Lipinski definition) is 0. The molecule has 0 heterocycles. The van der Waals surface area contributed by atoms with Gasteiger partial charge >= 0.3 is 0 Å². The minimum atomic E-state index is -0.645. The van der Waals surface area contributed by atoms with Crippen molar-refractivity contribution < 1.29 is 13.5 Å². The first-order valence-corrected chi connectivity index (χ1v) is 4.67. The predicted octanol–water partition coefficient (Wildman–Crippen LogP) is 3.39. The largest absolute Gasteiger partial charge is 0.491 e. The van der Waals surface area contributed by atoms with Crippen molar-refractivity contribution in [1.29, 1.82) is 0 Å². The van der Waals surface area contributed by atoms with Crippen LogP contribution >= 0.6 is 0 Å². The Morgan fingerprint density at radius 2 is 2.00 bits per heavy atom. The zero-order chi connectivity index (χ0) is 10.6. The van der Waals surface area contributed by atoms with Gasteiger partial charge in [-0.25, -0.2) is 8.78 Å². The Labute approximate surface area is 82.7 Å². The normalized spacial score (nSPS) is 10.6. The molecule has 0 unspecified atom stereocenters. The van der Waals surface area contributed by atoms with Gasteiger partial charge in [0, 0.05) is 6.07 Å². The lowest BCUT2D eigenvalue weighted by Gasteiger charge is -2.08. The van der Waals surface area contributed by atoms with E-state index in [-0.39, 0.29) is 5.75 Å². The van der Waals surface area contributed by atoms with Gasteiger partial charge in [0.15, 0.2) is 11.6 Å². The molecule has 14 heavy (non-hydrogen) atoms. The molecule has 0 atom stereocenters. The molecule has 0 aliphatic carbocycles. The Bertz CT molecular complexity index is 297. The summed E-state index contributed by atoms with van der Waals surface area (Å²) in [6.45, 7) is 4.58. The first kappa shape index (κ1) is 11.0. The molecule has 1 rings (SSSR count). The summed E-state index contributed by atoms with van der Waals surface area (Å²) in [6, 6.07) is 3.32. The quantitative estimate of drug-likeness (QED) is 0.723. The van der Waals surface area contributed by atoms with Gasteiger partial charge in [0.2, 0.25) is 0 Å². The fourth-order valence-electron chi connectivity index (χ4n) is 0.997. The molecule has 0 amide bonds. The van der Waals surface area contributed by atoms with Crippen LogP contribution in [0.25, 0.3) is 0 Å². The van der Waals surface area contributed by atoms with Crippen LogP contribution in [0.5, 0.6) is 5.75 Å². The van der Waals surface area contributed by atoms with Crippen LogP contribution in [0.4, 0.5) is 8.78 Å². The highest BCUT2D eigenvalue weighted by atomic mass is 19.1. The van der Waals surface area contributed by atoms with Crippen LogP contribution < -0.4 is 4.74 Å². The van der Waals surface area contributed by atoms with Crippen molar-refractivity contribution in [2.24, 2.45) is 5.92 Å². The first-order valence-electron chi connectivity index (χ1n) is 4.67. The Morgan fingerprint density at radius 1 is 1.29 bits per heavy atom. The minimum Gasteiger partial charge on any atom is -0.491 e. The van der Waals surface area contributed by atoms with Crippen LogP contribution in [-0.2, 0) is 0 Å². The molecule has 0 saturated carbocycles. The van der Waals surface area contributed by atoms with Crippen molar-refractivity contribution in [3.8, 4) is 5.75 Å². The van der Waals surface area contributed by atoms with Gasteiger partial charge in [0.05, 0.1) is 6.61 Å². The summed E-state index contributed by atoms with van der Waals surface area (Å²) in [5.41, 5.74) is 0. The number of hydrogen-bond acceptors (Lipinski definition) is 1. The van der Waals surface area contributed by atoms with Gasteiger partial charge in [0.25, 0.3) is 0 Å². The second-order valence-electron chi connectivity index (χ2n) is 3.61. The second kappa shape index (κ2) is 4.94. The molecule has 0 radical (unpaired) electrons. The lowest BCUT2D eigenvalue weighted by Crippen LogP contribution is -2.02. The third-order valence-corrected chi connectivity index (χ3v) is 1.85.